The van der Waals surface area contributed by atoms with Crippen molar-refractivity contribution in [1.82, 2.24) is 0 Å². The Kier molecular flexibility index (Phi) is 5.21. The molecule has 0 aromatic rings. The second-order valence-electron chi connectivity index (χ2n) is 2.62. The van der Waals surface area contributed by atoms with Crippen molar-refractivity contribution in [1.29, 1.82) is 0 Å². The molecule has 1 unspecified atom stereocenters. The third kappa shape index (κ3) is 5.14. The Hall–Kier alpha value is -0.240. The van der Waals surface area contributed by atoms with Crippen molar-refractivity contribution >= 4 is 0 Å². The molecule has 6 heteroatoms. The van der Waals surface area contributed by atoms with Gasteiger partial charge in [0.2, 0.25) is 0 Å². The summed E-state index contributed by atoms with van der Waals surface area (Å²) in [5.41, 5.74) is 0. The lowest BCUT2D eigenvalue weighted by molar-refractivity contribution is -0.150. The van der Waals surface area contributed by atoms with Gasteiger partial charge in [0.25, 0.3) is 0 Å². The van der Waals surface area contributed by atoms with E-state index in [1.807, 2.05) is 0 Å². The molecule has 2 saturated heterocycles. The molecule has 78 valence electrons. The number of hydrogen-bond acceptors (Lipinski definition) is 6. The molecule has 2 fully saturated rings. The molecule has 0 amide bonds. The van der Waals surface area contributed by atoms with Crippen LogP contribution in [0.2, 0.25) is 0 Å². The van der Waals surface area contributed by atoms with Gasteiger partial charge in [0.15, 0.2) is 6.29 Å². The summed E-state index contributed by atoms with van der Waals surface area (Å²) in [6.45, 7) is 1.72. The minimum Gasteiger partial charge on any atom is -0.388 e. The summed E-state index contributed by atoms with van der Waals surface area (Å²) in [6.07, 6.45) is -1.08. The van der Waals surface area contributed by atoms with Crippen molar-refractivity contribution in [3.8, 4) is 0 Å². The van der Waals surface area contributed by atoms with Crippen molar-refractivity contribution in [2.24, 2.45) is 0 Å². The predicted octanol–water partition coefficient (Wildman–Crippen LogP) is -1.34. The summed E-state index contributed by atoms with van der Waals surface area (Å²) in [5.74, 6) is 0. The van der Waals surface area contributed by atoms with Crippen molar-refractivity contribution in [3.63, 3.8) is 0 Å². The summed E-state index contributed by atoms with van der Waals surface area (Å²) >= 11 is 0. The van der Waals surface area contributed by atoms with Crippen LogP contribution in [0.1, 0.15) is 0 Å². The number of aliphatic hydroxyl groups is 2. The molecule has 0 spiro atoms. The second-order valence-corrected chi connectivity index (χ2v) is 2.62. The first-order valence-corrected chi connectivity index (χ1v) is 4.00. The van der Waals surface area contributed by atoms with E-state index in [-0.39, 0.29) is 6.79 Å². The average molecular weight is 194 g/mol. The van der Waals surface area contributed by atoms with E-state index in [0.29, 0.717) is 26.6 Å². The molecule has 0 aliphatic carbocycles. The van der Waals surface area contributed by atoms with Gasteiger partial charge >= 0.3 is 0 Å². The number of aliphatic hydroxyl groups excluding tert-OH is 2. The molecular formula is C7H14O6. The molecule has 2 aliphatic heterocycles. The quantitative estimate of drug-likeness (QED) is 0.497. The fourth-order valence-electron chi connectivity index (χ4n) is 0.799. The van der Waals surface area contributed by atoms with Gasteiger partial charge in [-0.3, -0.25) is 0 Å². The van der Waals surface area contributed by atoms with Gasteiger partial charge in [0.1, 0.15) is 26.3 Å². The van der Waals surface area contributed by atoms with Gasteiger partial charge in [0.05, 0.1) is 13.2 Å². The van der Waals surface area contributed by atoms with Crippen LogP contribution in [-0.2, 0) is 18.9 Å². The first kappa shape index (κ1) is 10.8. The number of hydrogen-bond donors (Lipinski definition) is 2. The van der Waals surface area contributed by atoms with Crippen LogP contribution in [0.3, 0.4) is 0 Å². The maximum Gasteiger partial charge on any atom is 0.181 e. The fourth-order valence-corrected chi connectivity index (χ4v) is 0.799. The van der Waals surface area contributed by atoms with Gasteiger partial charge in [-0.05, 0) is 0 Å². The molecule has 2 aliphatic rings. The normalized spacial score (nSPS) is 29.5. The molecule has 0 radical (unpaired) electrons. The zero-order valence-corrected chi connectivity index (χ0v) is 7.22. The van der Waals surface area contributed by atoms with E-state index in [4.69, 9.17) is 19.7 Å². The fraction of sp³-hybridized carbons (Fsp3) is 1.00. The van der Waals surface area contributed by atoms with Crippen molar-refractivity contribution in [2.45, 2.75) is 12.4 Å². The van der Waals surface area contributed by atoms with Crippen LogP contribution < -0.4 is 0 Å². The summed E-state index contributed by atoms with van der Waals surface area (Å²) in [7, 11) is 0. The predicted molar refractivity (Wildman–Crippen MR) is 40.7 cm³/mol. The second kappa shape index (κ2) is 6.25. The molecule has 2 rings (SSSR count). The van der Waals surface area contributed by atoms with E-state index in [1.165, 1.54) is 0 Å². The smallest absolute Gasteiger partial charge is 0.181 e. The Morgan fingerprint density at radius 1 is 0.846 bits per heavy atom. The van der Waals surface area contributed by atoms with E-state index < -0.39 is 12.4 Å². The minimum atomic E-state index is -0.676. The zero-order valence-electron chi connectivity index (χ0n) is 7.22. The van der Waals surface area contributed by atoms with E-state index in [0.717, 1.165) is 0 Å². The van der Waals surface area contributed by atoms with Crippen LogP contribution in [0.5, 0.6) is 0 Å². The Morgan fingerprint density at radius 3 is 1.69 bits per heavy atom. The topological polar surface area (TPSA) is 77.4 Å². The molecule has 2 heterocycles. The molecule has 6 nitrogen and oxygen atoms in total. The first-order chi connectivity index (χ1) is 6.29. The standard InChI is InChI=1S/C4H8O3.C3H6O3/c5-4-1-6-3-7-2-4;4-3-1-5-2-6-3/h4-5H,1-3H2;3-4H,1-2H2. The van der Waals surface area contributed by atoms with E-state index >= 15 is 0 Å². The molecule has 2 N–H and O–H groups in total. The van der Waals surface area contributed by atoms with Gasteiger partial charge in [-0.15, -0.1) is 0 Å². The monoisotopic (exact) mass is 194 g/mol. The lowest BCUT2D eigenvalue weighted by atomic mass is 10.4. The molecule has 0 saturated carbocycles. The molecule has 0 aromatic carbocycles. The Balaban J connectivity index is 0.000000132. The third-order valence-corrected chi connectivity index (χ3v) is 1.39. The van der Waals surface area contributed by atoms with Gasteiger partial charge in [-0.25, -0.2) is 0 Å². The highest BCUT2D eigenvalue weighted by Crippen LogP contribution is 1.96. The average Bonchev–Trinajstić information content (AvgIpc) is 2.58. The van der Waals surface area contributed by atoms with E-state index in [1.54, 1.807) is 0 Å². The largest absolute Gasteiger partial charge is 0.388 e. The Labute approximate surface area is 76.0 Å². The number of ether oxygens (including phenoxy) is 4. The summed E-state index contributed by atoms with van der Waals surface area (Å²) in [6, 6.07) is 0. The van der Waals surface area contributed by atoms with Crippen molar-refractivity contribution in [2.75, 3.05) is 33.4 Å². The van der Waals surface area contributed by atoms with Crippen LogP contribution in [-0.4, -0.2) is 56.0 Å². The lowest BCUT2D eigenvalue weighted by Crippen LogP contribution is -2.28. The summed E-state index contributed by atoms with van der Waals surface area (Å²) in [5, 5.41) is 17.0. The van der Waals surface area contributed by atoms with Gasteiger partial charge in [-0.1, -0.05) is 0 Å². The molecule has 13 heavy (non-hydrogen) atoms. The van der Waals surface area contributed by atoms with Gasteiger partial charge in [-0.2, -0.15) is 0 Å². The van der Waals surface area contributed by atoms with Gasteiger partial charge in [0, 0.05) is 0 Å². The highest BCUT2D eigenvalue weighted by Gasteiger charge is 2.09. The Morgan fingerprint density at radius 2 is 1.46 bits per heavy atom. The van der Waals surface area contributed by atoms with E-state index in [9.17, 15) is 0 Å². The van der Waals surface area contributed by atoms with Crippen molar-refractivity contribution in [3.05, 3.63) is 0 Å². The zero-order chi connectivity index (χ0) is 9.52. The summed E-state index contributed by atoms with van der Waals surface area (Å²) < 4.78 is 18.5. The van der Waals surface area contributed by atoms with Crippen LogP contribution in [0.4, 0.5) is 0 Å². The van der Waals surface area contributed by atoms with Crippen LogP contribution >= 0.6 is 0 Å². The SMILES string of the molecule is OC1COCO1.OC1COCOC1. The molecule has 0 aromatic heterocycles. The van der Waals surface area contributed by atoms with Crippen LogP contribution in [0, 0.1) is 0 Å². The summed E-state index contributed by atoms with van der Waals surface area (Å²) in [4.78, 5) is 0. The highest BCUT2D eigenvalue weighted by molar-refractivity contribution is 4.52. The third-order valence-electron chi connectivity index (χ3n) is 1.39. The maximum atomic E-state index is 8.66. The number of rotatable bonds is 0. The van der Waals surface area contributed by atoms with Gasteiger partial charge < -0.3 is 29.2 Å². The highest BCUT2D eigenvalue weighted by atomic mass is 16.8. The first-order valence-electron chi connectivity index (χ1n) is 4.00. The molecule has 1 atom stereocenters. The molecular weight excluding hydrogens is 180 g/mol. The maximum absolute atomic E-state index is 8.66. The van der Waals surface area contributed by atoms with E-state index in [2.05, 4.69) is 9.47 Å². The van der Waals surface area contributed by atoms with Crippen LogP contribution in [0.25, 0.3) is 0 Å². The lowest BCUT2D eigenvalue weighted by Gasteiger charge is -2.16. The Bertz CT molecular complexity index is 118. The molecule has 0 bridgehead atoms. The van der Waals surface area contributed by atoms with Crippen LogP contribution in [0.15, 0.2) is 0 Å². The van der Waals surface area contributed by atoms with Crippen molar-refractivity contribution < 1.29 is 29.2 Å². The minimum absolute atomic E-state index is 0.237.